The molecule has 0 aromatic heterocycles. The molecule has 5 heavy (non-hydrogen) atoms. The zero-order valence-electron chi connectivity index (χ0n) is 2.54. The lowest BCUT2D eigenvalue weighted by molar-refractivity contribution is 0.460. The highest BCUT2D eigenvalue weighted by atomic mass is 19.2. The van der Waals surface area contributed by atoms with Crippen LogP contribution in [0.4, 0.5) is 8.78 Å². The molecule has 0 N–H and O–H groups in total. The summed E-state index contributed by atoms with van der Waals surface area (Å²) in [6.07, 6.45) is 0. The lowest BCUT2D eigenvalue weighted by atomic mass is 10.7. The second kappa shape index (κ2) is 1.88. The molecule has 0 heterocycles. The zero-order valence-corrected chi connectivity index (χ0v) is 2.54. The van der Waals surface area contributed by atoms with Gasteiger partial charge in [-0.25, -0.2) is 8.78 Å². The lowest BCUT2D eigenvalue weighted by Crippen LogP contribution is -1.65. The van der Waals surface area contributed by atoms with Crippen LogP contribution < -0.4 is 0 Å². The van der Waals surface area contributed by atoms with Crippen LogP contribution in [0.25, 0.3) is 0 Å². The van der Waals surface area contributed by atoms with Crippen molar-refractivity contribution in [1.29, 1.82) is 0 Å². The summed E-state index contributed by atoms with van der Waals surface area (Å²) in [6.45, 7) is 3.00. The molecule has 0 nitrogen and oxygen atoms in total. The fourth-order valence-electron chi connectivity index (χ4n) is 0. The van der Waals surface area contributed by atoms with E-state index in [1.165, 1.54) is 0 Å². The standard InChI is InChI=1S/C3H3F2/c1-3(5)2-4/h1H,2H2. The first-order chi connectivity index (χ1) is 2.27. The largest absolute Gasteiger partial charge is 0.243 e. The van der Waals surface area contributed by atoms with E-state index in [2.05, 4.69) is 6.58 Å². The average molecular weight is 77.1 g/mol. The fraction of sp³-hybridized carbons (Fsp3) is 0.333. The highest BCUT2D eigenvalue weighted by Gasteiger charge is 1.78. The summed E-state index contributed by atoms with van der Waals surface area (Å²) in [5, 5.41) is 0. The van der Waals surface area contributed by atoms with E-state index in [-0.39, 0.29) is 0 Å². The third-order valence-corrected chi connectivity index (χ3v) is 0.128. The van der Waals surface area contributed by atoms with E-state index in [0.717, 1.165) is 0 Å². The minimum atomic E-state index is -1.17. The summed E-state index contributed by atoms with van der Waals surface area (Å²) in [7, 11) is 0. The molecular formula is C3H3F2. The van der Waals surface area contributed by atoms with Gasteiger partial charge >= 0.3 is 0 Å². The van der Waals surface area contributed by atoms with Crippen molar-refractivity contribution >= 4 is 0 Å². The third-order valence-electron chi connectivity index (χ3n) is 0.128. The highest BCUT2D eigenvalue weighted by molar-refractivity contribution is 4.72. The molecule has 0 amide bonds. The van der Waals surface area contributed by atoms with Gasteiger partial charge in [-0.2, -0.15) is 0 Å². The molecule has 0 unspecified atom stereocenters. The van der Waals surface area contributed by atoms with Crippen molar-refractivity contribution in [3.63, 3.8) is 0 Å². The maximum absolute atomic E-state index is 10.8. The summed E-state index contributed by atoms with van der Waals surface area (Å²) >= 11 is 0. The van der Waals surface area contributed by atoms with Crippen molar-refractivity contribution in [2.75, 3.05) is 6.67 Å². The van der Waals surface area contributed by atoms with Gasteiger partial charge in [-0.1, -0.05) is 0 Å². The Kier molecular flexibility index (Phi) is 1.73. The fourth-order valence-corrected chi connectivity index (χ4v) is 0. The quantitative estimate of drug-likeness (QED) is 0.441. The highest BCUT2D eigenvalue weighted by Crippen LogP contribution is 1.86. The molecule has 0 saturated carbocycles. The third kappa shape index (κ3) is 3.60. The molecule has 0 spiro atoms. The van der Waals surface area contributed by atoms with Gasteiger partial charge in [-0.3, -0.25) is 0 Å². The molecule has 0 aromatic carbocycles. The second-order valence-corrected chi connectivity index (χ2v) is 0.580. The Balaban J connectivity index is 2.85. The molecule has 0 atom stereocenters. The minimum Gasteiger partial charge on any atom is -0.243 e. The molecule has 0 bridgehead atoms. The number of allylic oxidation sites excluding steroid dienone is 1. The van der Waals surface area contributed by atoms with Crippen molar-refractivity contribution in [2.24, 2.45) is 0 Å². The number of alkyl halides is 1. The summed E-state index contributed by atoms with van der Waals surface area (Å²) in [4.78, 5) is 0. The van der Waals surface area contributed by atoms with E-state index in [1.807, 2.05) is 0 Å². The van der Waals surface area contributed by atoms with Gasteiger partial charge in [-0.15, -0.1) is 0 Å². The Hall–Kier alpha value is -0.400. The van der Waals surface area contributed by atoms with Crippen molar-refractivity contribution in [2.45, 2.75) is 0 Å². The molecule has 0 rings (SSSR count). The Morgan fingerprint density at radius 2 is 2.00 bits per heavy atom. The second-order valence-electron chi connectivity index (χ2n) is 0.580. The Morgan fingerprint density at radius 3 is 2.00 bits per heavy atom. The van der Waals surface area contributed by atoms with E-state index in [1.54, 1.807) is 0 Å². The molecular weight excluding hydrogens is 74.0 g/mol. The number of hydrogen-bond acceptors (Lipinski definition) is 0. The van der Waals surface area contributed by atoms with Crippen molar-refractivity contribution in [3.05, 3.63) is 12.4 Å². The summed E-state index contributed by atoms with van der Waals surface area (Å²) in [5.74, 6) is -1.16. The van der Waals surface area contributed by atoms with Crippen LogP contribution in [0.3, 0.4) is 0 Å². The monoisotopic (exact) mass is 77.0 g/mol. The van der Waals surface area contributed by atoms with Crippen LogP contribution >= 0.6 is 0 Å². The van der Waals surface area contributed by atoms with Gasteiger partial charge < -0.3 is 0 Å². The van der Waals surface area contributed by atoms with E-state index in [9.17, 15) is 8.78 Å². The predicted molar refractivity (Wildman–Crippen MR) is 14.9 cm³/mol. The van der Waals surface area contributed by atoms with E-state index in [4.69, 9.17) is 0 Å². The molecule has 2 heteroatoms. The molecule has 0 aliphatic heterocycles. The number of halogens is 2. The van der Waals surface area contributed by atoms with Crippen LogP contribution in [0.5, 0.6) is 0 Å². The Bertz CT molecular complexity index is 40.2. The summed E-state index contributed by atoms with van der Waals surface area (Å²) in [6, 6.07) is 0. The van der Waals surface area contributed by atoms with Gasteiger partial charge in [0.2, 0.25) is 0 Å². The van der Waals surface area contributed by atoms with Gasteiger partial charge in [0.1, 0.15) is 12.5 Å². The topological polar surface area (TPSA) is 0 Å². The Labute approximate surface area is 29.1 Å². The van der Waals surface area contributed by atoms with Gasteiger partial charge in [0.15, 0.2) is 0 Å². The van der Waals surface area contributed by atoms with Crippen molar-refractivity contribution in [3.8, 4) is 0 Å². The first kappa shape index (κ1) is 4.60. The van der Waals surface area contributed by atoms with Gasteiger partial charge in [-0.05, 0) is 6.58 Å². The zero-order chi connectivity index (χ0) is 4.28. The first-order valence-electron chi connectivity index (χ1n) is 1.10. The van der Waals surface area contributed by atoms with Crippen molar-refractivity contribution in [1.82, 2.24) is 0 Å². The summed E-state index contributed by atoms with van der Waals surface area (Å²) < 4.78 is 21.3. The van der Waals surface area contributed by atoms with Crippen LogP contribution in [0.15, 0.2) is 5.83 Å². The molecule has 0 aliphatic rings. The van der Waals surface area contributed by atoms with E-state index >= 15 is 0 Å². The average Bonchev–Trinajstić information content (AvgIpc) is 1.38. The van der Waals surface area contributed by atoms with Crippen LogP contribution in [0.1, 0.15) is 0 Å². The molecule has 0 saturated heterocycles. The maximum atomic E-state index is 10.8. The smallest absolute Gasteiger partial charge is 0.141 e. The summed E-state index contributed by atoms with van der Waals surface area (Å²) in [5.41, 5.74) is 0. The van der Waals surface area contributed by atoms with Crippen molar-refractivity contribution < 1.29 is 8.78 Å². The Morgan fingerprint density at radius 1 is 1.80 bits per heavy atom. The van der Waals surface area contributed by atoms with E-state index in [0.29, 0.717) is 0 Å². The normalized spacial score (nSPS) is 7.60. The van der Waals surface area contributed by atoms with E-state index < -0.39 is 12.5 Å². The van der Waals surface area contributed by atoms with Gasteiger partial charge in [0, 0.05) is 0 Å². The number of rotatable bonds is 1. The molecule has 0 aliphatic carbocycles. The minimum absolute atomic E-state index is 1.16. The first-order valence-corrected chi connectivity index (χ1v) is 1.10. The van der Waals surface area contributed by atoms with Gasteiger partial charge in [0.25, 0.3) is 0 Å². The van der Waals surface area contributed by atoms with Crippen LogP contribution in [-0.2, 0) is 0 Å². The van der Waals surface area contributed by atoms with Crippen LogP contribution in [-0.4, -0.2) is 6.67 Å². The molecule has 29 valence electrons. The number of hydrogen-bond donors (Lipinski definition) is 0. The van der Waals surface area contributed by atoms with Crippen LogP contribution in [0.2, 0.25) is 0 Å². The SMILES string of the molecule is [CH]=C(F)CF. The van der Waals surface area contributed by atoms with Gasteiger partial charge in [0.05, 0.1) is 0 Å². The van der Waals surface area contributed by atoms with Crippen LogP contribution in [0, 0.1) is 6.58 Å². The molecule has 0 fully saturated rings. The predicted octanol–water partition coefficient (Wildman–Crippen LogP) is 1.24. The molecule has 0 aromatic rings. The lowest BCUT2D eigenvalue weighted by Gasteiger charge is -1.70. The maximum Gasteiger partial charge on any atom is 0.141 e. The molecule has 1 radical (unpaired) electrons.